The molecular formula is C14H17NO. The van der Waals surface area contributed by atoms with Gasteiger partial charge in [-0.1, -0.05) is 37.3 Å². The van der Waals surface area contributed by atoms with Gasteiger partial charge < -0.3 is 0 Å². The number of nitrogens with zero attached hydrogens (tertiary/aromatic N) is 1. The number of hydrogen-bond acceptors (Lipinski definition) is 2. The van der Waals surface area contributed by atoms with E-state index in [1.807, 2.05) is 25.1 Å². The zero-order valence-corrected chi connectivity index (χ0v) is 9.65. The predicted molar refractivity (Wildman–Crippen MR) is 63.8 cm³/mol. The minimum absolute atomic E-state index is 0.0653. The van der Waals surface area contributed by atoms with Crippen LogP contribution in [-0.2, 0) is 11.2 Å². The van der Waals surface area contributed by atoms with E-state index >= 15 is 0 Å². The summed E-state index contributed by atoms with van der Waals surface area (Å²) in [6.07, 6.45) is 2.98. The van der Waals surface area contributed by atoms with Crippen molar-refractivity contribution in [3.8, 4) is 6.07 Å². The Morgan fingerprint density at radius 1 is 1.38 bits per heavy atom. The molecule has 1 aromatic carbocycles. The summed E-state index contributed by atoms with van der Waals surface area (Å²) < 4.78 is 0. The van der Waals surface area contributed by atoms with E-state index in [0.717, 1.165) is 12.8 Å². The molecule has 1 atom stereocenters. The first-order valence-corrected chi connectivity index (χ1v) is 5.74. The first-order valence-electron chi connectivity index (χ1n) is 5.74. The maximum Gasteiger partial charge on any atom is 0.149 e. The summed E-state index contributed by atoms with van der Waals surface area (Å²) in [5.74, 6) is -0.343. The molecule has 1 rings (SSSR count). The van der Waals surface area contributed by atoms with Crippen LogP contribution in [-0.4, -0.2) is 5.78 Å². The Morgan fingerprint density at radius 3 is 2.62 bits per heavy atom. The highest BCUT2D eigenvalue weighted by atomic mass is 16.1. The highest BCUT2D eigenvalue weighted by Crippen LogP contribution is 2.12. The summed E-state index contributed by atoms with van der Waals surface area (Å²) in [5.41, 5.74) is 1.27. The molecule has 0 saturated heterocycles. The molecule has 84 valence electrons. The molecule has 0 bridgehead atoms. The van der Waals surface area contributed by atoms with Gasteiger partial charge in [0.2, 0.25) is 0 Å². The first-order chi connectivity index (χ1) is 7.77. The molecule has 1 unspecified atom stereocenters. The minimum Gasteiger partial charge on any atom is -0.298 e. The topological polar surface area (TPSA) is 40.9 Å². The molecule has 0 fully saturated rings. The molecule has 0 amide bonds. The van der Waals surface area contributed by atoms with Crippen molar-refractivity contribution in [3.63, 3.8) is 0 Å². The largest absolute Gasteiger partial charge is 0.298 e. The van der Waals surface area contributed by atoms with Gasteiger partial charge >= 0.3 is 0 Å². The number of Topliss-reactive ketones (excluding diaryl/α,β-unsaturated/α-hetero) is 1. The lowest BCUT2D eigenvalue weighted by molar-refractivity contribution is -0.121. The number of ketones is 1. The Hall–Kier alpha value is -1.62. The van der Waals surface area contributed by atoms with Crippen LogP contribution in [0.1, 0.15) is 31.7 Å². The Bertz CT molecular complexity index is 364. The lowest BCUT2D eigenvalue weighted by Gasteiger charge is -2.06. The maximum atomic E-state index is 11.4. The number of hydrogen-bond donors (Lipinski definition) is 0. The molecule has 0 N–H and O–H groups in total. The fraction of sp³-hybridized carbons (Fsp3) is 0.429. The van der Waals surface area contributed by atoms with Crippen molar-refractivity contribution < 1.29 is 4.79 Å². The molecule has 0 aliphatic carbocycles. The van der Waals surface area contributed by atoms with Gasteiger partial charge in [0.05, 0.1) is 6.07 Å². The third kappa shape index (κ3) is 3.86. The Balaban J connectivity index is 2.35. The van der Waals surface area contributed by atoms with Crippen LogP contribution in [0.15, 0.2) is 30.3 Å². The molecule has 0 radical (unpaired) electrons. The van der Waals surface area contributed by atoms with Gasteiger partial charge in [0, 0.05) is 6.42 Å². The van der Waals surface area contributed by atoms with Crippen LogP contribution in [0.4, 0.5) is 0 Å². The number of aryl methyl sites for hydroxylation is 1. The van der Waals surface area contributed by atoms with E-state index in [9.17, 15) is 4.79 Å². The number of carbonyl (C=O) groups excluding carboxylic acids is 1. The van der Waals surface area contributed by atoms with Crippen LogP contribution < -0.4 is 0 Å². The summed E-state index contributed by atoms with van der Waals surface area (Å²) in [6, 6.07) is 12.2. The van der Waals surface area contributed by atoms with Gasteiger partial charge in [-0.2, -0.15) is 5.26 Å². The van der Waals surface area contributed by atoms with E-state index in [4.69, 9.17) is 5.26 Å². The zero-order chi connectivity index (χ0) is 11.8. The molecule has 0 heterocycles. The van der Waals surface area contributed by atoms with Crippen molar-refractivity contribution in [1.82, 2.24) is 0 Å². The van der Waals surface area contributed by atoms with Gasteiger partial charge in [0.1, 0.15) is 11.7 Å². The second-order valence-electron chi connectivity index (χ2n) is 3.88. The lowest BCUT2D eigenvalue weighted by Crippen LogP contribution is -2.11. The van der Waals surface area contributed by atoms with Crippen molar-refractivity contribution in [2.45, 2.75) is 32.6 Å². The molecule has 1 aromatic rings. The SMILES string of the molecule is CCC(=O)C(C#N)CCCc1ccccc1. The number of carbonyl (C=O) groups is 1. The fourth-order valence-corrected chi connectivity index (χ4v) is 1.70. The normalized spacial score (nSPS) is 11.8. The monoisotopic (exact) mass is 215 g/mol. The highest BCUT2D eigenvalue weighted by molar-refractivity contribution is 5.82. The summed E-state index contributed by atoms with van der Waals surface area (Å²) in [6.45, 7) is 1.81. The predicted octanol–water partition coefficient (Wildman–Crippen LogP) is 3.13. The Morgan fingerprint density at radius 2 is 2.06 bits per heavy atom. The maximum absolute atomic E-state index is 11.4. The second kappa shape index (κ2) is 6.79. The number of rotatable bonds is 6. The smallest absolute Gasteiger partial charge is 0.149 e. The summed E-state index contributed by atoms with van der Waals surface area (Å²) in [4.78, 5) is 11.4. The lowest BCUT2D eigenvalue weighted by atomic mass is 9.96. The van der Waals surface area contributed by atoms with Crippen LogP contribution in [0.25, 0.3) is 0 Å². The Labute approximate surface area is 96.9 Å². The van der Waals surface area contributed by atoms with E-state index in [-0.39, 0.29) is 5.78 Å². The third-order valence-electron chi connectivity index (χ3n) is 2.69. The molecule has 2 nitrogen and oxygen atoms in total. The summed E-state index contributed by atoms with van der Waals surface area (Å²) >= 11 is 0. The van der Waals surface area contributed by atoms with Crippen LogP contribution in [0.5, 0.6) is 0 Å². The van der Waals surface area contributed by atoms with Crippen molar-refractivity contribution in [2.24, 2.45) is 5.92 Å². The molecule has 0 aromatic heterocycles. The van der Waals surface area contributed by atoms with Crippen LogP contribution in [0.3, 0.4) is 0 Å². The van der Waals surface area contributed by atoms with Crippen LogP contribution in [0.2, 0.25) is 0 Å². The fourth-order valence-electron chi connectivity index (χ4n) is 1.70. The summed E-state index contributed by atoms with van der Waals surface area (Å²) in [5, 5.41) is 8.85. The van der Waals surface area contributed by atoms with E-state index in [0.29, 0.717) is 12.8 Å². The molecule has 0 aliphatic rings. The van der Waals surface area contributed by atoms with Gasteiger partial charge in [0.25, 0.3) is 0 Å². The molecule has 0 aliphatic heterocycles. The number of nitriles is 1. The second-order valence-corrected chi connectivity index (χ2v) is 3.88. The molecule has 2 heteroatoms. The van der Waals surface area contributed by atoms with Gasteiger partial charge in [0.15, 0.2) is 0 Å². The standard InChI is InChI=1S/C14H17NO/c1-2-14(16)13(11-15)10-6-9-12-7-4-3-5-8-12/h3-5,7-8,13H,2,6,9-10H2,1H3. The molecular weight excluding hydrogens is 198 g/mol. The van der Waals surface area contributed by atoms with E-state index in [1.165, 1.54) is 5.56 Å². The Kier molecular flexibility index (Phi) is 5.28. The molecule has 0 spiro atoms. The van der Waals surface area contributed by atoms with Crippen molar-refractivity contribution in [3.05, 3.63) is 35.9 Å². The van der Waals surface area contributed by atoms with E-state index in [1.54, 1.807) is 0 Å². The first kappa shape index (κ1) is 12.4. The summed E-state index contributed by atoms with van der Waals surface area (Å²) in [7, 11) is 0. The zero-order valence-electron chi connectivity index (χ0n) is 9.65. The number of benzene rings is 1. The average Bonchev–Trinajstić information content (AvgIpc) is 2.35. The van der Waals surface area contributed by atoms with E-state index < -0.39 is 5.92 Å². The van der Waals surface area contributed by atoms with Crippen molar-refractivity contribution in [1.29, 1.82) is 5.26 Å². The van der Waals surface area contributed by atoms with Crippen molar-refractivity contribution >= 4 is 5.78 Å². The quantitative estimate of drug-likeness (QED) is 0.731. The van der Waals surface area contributed by atoms with E-state index in [2.05, 4.69) is 18.2 Å². The van der Waals surface area contributed by atoms with Crippen molar-refractivity contribution in [2.75, 3.05) is 0 Å². The minimum atomic E-state index is -0.409. The molecule has 16 heavy (non-hydrogen) atoms. The van der Waals surface area contributed by atoms with Crippen LogP contribution in [0, 0.1) is 17.2 Å². The van der Waals surface area contributed by atoms with Gasteiger partial charge in [-0.3, -0.25) is 4.79 Å². The highest BCUT2D eigenvalue weighted by Gasteiger charge is 2.14. The van der Waals surface area contributed by atoms with Gasteiger partial charge in [-0.25, -0.2) is 0 Å². The third-order valence-corrected chi connectivity index (χ3v) is 2.69. The van der Waals surface area contributed by atoms with Gasteiger partial charge in [-0.15, -0.1) is 0 Å². The van der Waals surface area contributed by atoms with Crippen LogP contribution >= 0.6 is 0 Å². The average molecular weight is 215 g/mol. The molecule has 0 saturated carbocycles. The van der Waals surface area contributed by atoms with Gasteiger partial charge in [-0.05, 0) is 24.8 Å².